The number of halogens is 1. The van der Waals surface area contributed by atoms with E-state index in [1.807, 2.05) is 30.3 Å². The summed E-state index contributed by atoms with van der Waals surface area (Å²) in [6.45, 7) is 0.503. The van der Waals surface area contributed by atoms with Crippen molar-refractivity contribution < 1.29 is 4.39 Å². The molecule has 2 rings (SSSR count). The van der Waals surface area contributed by atoms with Gasteiger partial charge in [-0.15, -0.1) is 6.42 Å². The Morgan fingerprint density at radius 2 is 2.05 bits per heavy atom. The molecule has 0 saturated heterocycles. The van der Waals surface area contributed by atoms with Gasteiger partial charge < -0.3 is 5.32 Å². The van der Waals surface area contributed by atoms with Gasteiger partial charge in [0.25, 0.3) is 0 Å². The SMILES string of the molecule is C#Cc1cccc(NCc2ccc(F)c(C#N)c2)c1. The molecule has 0 bridgehead atoms. The zero-order valence-electron chi connectivity index (χ0n) is 10.2. The Morgan fingerprint density at radius 1 is 1.21 bits per heavy atom. The van der Waals surface area contributed by atoms with E-state index < -0.39 is 5.82 Å². The summed E-state index contributed by atoms with van der Waals surface area (Å²) < 4.78 is 13.2. The Bertz CT molecular complexity index is 678. The lowest BCUT2D eigenvalue weighted by atomic mass is 10.1. The van der Waals surface area contributed by atoms with Gasteiger partial charge in [0.1, 0.15) is 11.9 Å². The maximum atomic E-state index is 13.2. The molecule has 0 unspecified atom stereocenters. The van der Waals surface area contributed by atoms with Gasteiger partial charge >= 0.3 is 0 Å². The van der Waals surface area contributed by atoms with Crippen molar-refractivity contribution in [3.05, 3.63) is 65.0 Å². The highest BCUT2D eigenvalue weighted by Crippen LogP contribution is 2.13. The second-order valence-electron chi connectivity index (χ2n) is 4.00. The molecular weight excluding hydrogens is 239 g/mol. The fourth-order valence-corrected chi connectivity index (χ4v) is 1.69. The quantitative estimate of drug-likeness (QED) is 0.848. The van der Waals surface area contributed by atoms with E-state index in [1.54, 1.807) is 6.07 Å². The fourth-order valence-electron chi connectivity index (χ4n) is 1.69. The molecule has 2 nitrogen and oxygen atoms in total. The minimum absolute atomic E-state index is 0.0525. The van der Waals surface area contributed by atoms with Gasteiger partial charge in [-0.25, -0.2) is 4.39 Å². The summed E-state index contributed by atoms with van der Waals surface area (Å²) in [6.07, 6.45) is 5.33. The molecule has 3 heteroatoms. The molecule has 0 spiro atoms. The van der Waals surface area contributed by atoms with Crippen molar-refractivity contribution in [1.29, 1.82) is 5.26 Å². The number of anilines is 1. The van der Waals surface area contributed by atoms with Crippen molar-refractivity contribution in [2.24, 2.45) is 0 Å². The molecule has 19 heavy (non-hydrogen) atoms. The number of rotatable bonds is 3. The first kappa shape index (κ1) is 12.7. The largest absolute Gasteiger partial charge is 0.381 e. The van der Waals surface area contributed by atoms with E-state index in [-0.39, 0.29) is 5.56 Å². The molecule has 0 aliphatic rings. The van der Waals surface area contributed by atoms with Crippen LogP contribution in [0.4, 0.5) is 10.1 Å². The minimum Gasteiger partial charge on any atom is -0.381 e. The summed E-state index contributed by atoms with van der Waals surface area (Å²) in [5.74, 6) is 2.06. The molecular formula is C16H11FN2. The molecule has 0 aliphatic carbocycles. The van der Waals surface area contributed by atoms with Gasteiger partial charge in [-0.3, -0.25) is 0 Å². The fraction of sp³-hybridized carbons (Fsp3) is 0.0625. The van der Waals surface area contributed by atoms with Crippen LogP contribution < -0.4 is 5.32 Å². The molecule has 0 amide bonds. The van der Waals surface area contributed by atoms with Gasteiger partial charge in [0.05, 0.1) is 5.56 Å². The Morgan fingerprint density at radius 3 is 2.79 bits per heavy atom. The minimum atomic E-state index is -0.499. The highest BCUT2D eigenvalue weighted by molar-refractivity contribution is 5.50. The molecule has 92 valence electrons. The monoisotopic (exact) mass is 250 g/mol. The Labute approximate surface area is 111 Å². The third-order valence-electron chi connectivity index (χ3n) is 2.68. The standard InChI is InChI=1S/C16H11FN2/c1-2-12-4-3-5-15(9-12)19-11-13-6-7-16(17)14(8-13)10-18/h1,3-9,19H,11H2. The van der Waals surface area contributed by atoms with E-state index in [1.165, 1.54) is 12.1 Å². The highest BCUT2D eigenvalue weighted by Gasteiger charge is 2.02. The van der Waals surface area contributed by atoms with E-state index in [4.69, 9.17) is 11.7 Å². The Balaban J connectivity index is 2.11. The number of nitrogens with zero attached hydrogens (tertiary/aromatic N) is 1. The van der Waals surface area contributed by atoms with E-state index in [0.717, 1.165) is 16.8 Å². The van der Waals surface area contributed by atoms with Crippen LogP contribution in [0.2, 0.25) is 0 Å². The van der Waals surface area contributed by atoms with Gasteiger partial charge in [0, 0.05) is 17.8 Å². The predicted octanol–water partition coefficient (Wildman–Crippen LogP) is 3.29. The lowest BCUT2D eigenvalue weighted by molar-refractivity contribution is 0.623. The van der Waals surface area contributed by atoms with Crippen LogP contribution in [0, 0.1) is 29.5 Å². The van der Waals surface area contributed by atoms with Crippen LogP contribution in [-0.4, -0.2) is 0 Å². The van der Waals surface area contributed by atoms with Crippen molar-refractivity contribution in [1.82, 2.24) is 0 Å². The Kier molecular flexibility index (Phi) is 3.81. The molecule has 1 N–H and O–H groups in total. The normalized spacial score (nSPS) is 9.42. The molecule has 0 radical (unpaired) electrons. The third kappa shape index (κ3) is 3.12. The predicted molar refractivity (Wildman–Crippen MR) is 72.8 cm³/mol. The zero-order valence-corrected chi connectivity index (χ0v) is 10.2. The summed E-state index contributed by atoms with van der Waals surface area (Å²) in [4.78, 5) is 0. The number of benzene rings is 2. The van der Waals surface area contributed by atoms with E-state index in [0.29, 0.717) is 6.54 Å². The maximum Gasteiger partial charge on any atom is 0.140 e. The molecule has 2 aromatic carbocycles. The summed E-state index contributed by atoms with van der Waals surface area (Å²) >= 11 is 0. The second-order valence-corrected chi connectivity index (χ2v) is 4.00. The van der Waals surface area contributed by atoms with Crippen molar-refractivity contribution in [2.75, 3.05) is 5.32 Å². The van der Waals surface area contributed by atoms with E-state index in [9.17, 15) is 4.39 Å². The highest BCUT2D eigenvalue weighted by atomic mass is 19.1. The molecule has 0 atom stereocenters. The summed E-state index contributed by atoms with van der Waals surface area (Å²) in [5.41, 5.74) is 2.57. The lowest BCUT2D eigenvalue weighted by Crippen LogP contribution is -2.00. The molecule has 0 aromatic heterocycles. The molecule has 0 fully saturated rings. The first-order valence-corrected chi connectivity index (χ1v) is 5.72. The number of hydrogen-bond acceptors (Lipinski definition) is 2. The second kappa shape index (κ2) is 5.71. The van der Waals surface area contributed by atoms with E-state index >= 15 is 0 Å². The van der Waals surface area contributed by atoms with Crippen LogP contribution >= 0.6 is 0 Å². The van der Waals surface area contributed by atoms with Gasteiger partial charge in [0.2, 0.25) is 0 Å². The van der Waals surface area contributed by atoms with Crippen LogP contribution in [0.15, 0.2) is 42.5 Å². The van der Waals surface area contributed by atoms with Gasteiger partial charge in [-0.05, 0) is 35.9 Å². The van der Waals surface area contributed by atoms with Crippen LogP contribution in [-0.2, 0) is 6.54 Å². The van der Waals surface area contributed by atoms with Crippen molar-refractivity contribution >= 4 is 5.69 Å². The first-order valence-electron chi connectivity index (χ1n) is 5.72. The molecule has 0 aliphatic heterocycles. The molecule has 0 saturated carbocycles. The summed E-state index contributed by atoms with van der Waals surface area (Å²) in [7, 11) is 0. The smallest absolute Gasteiger partial charge is 0.140 e. The van der Waals surface area contributed by atoms with E-state index in [2.05, 4.69) is 11.2 Å². The molecule has 2 aromatic rings. The number of terminal acetylenes is 1. The van der Waals surface area contributed by atoms with Crippen LogP contribution in [0.3, 0.4) is 0 Å². The number of nitrogens with one attached hydrogen (secondary N) is 1. The van der Waals surface area contributed by atoms with Crippen molar-refractivity contribution in [3.8, 4) is 18.4 Å². The summed E-state index contributed by atoms with van der Waals surface area (Å²) in [6, 6.07) is 13.8. The average molecular weight is 250 g/mol. The maximum absolute atomic E-state index is 13.2. The van der Waals surface area contributed by atoms with Gasteiger partial charge in [-0.1, -0.05) is 18.1 Å². The average Bonchev–Trinajstić information content (AvgIpc) is 2.46. The molecule has 0 heterocycles. The Hall–Kier alpha value is -2.78. The summed E-state index contributed by atoms with van der Waals surface area (Å²) in [5, 5.41) is 11.9. The van der Waals surface area contributed by atoms with Crippen LogP contribution in [0.25, 0.3) is 0 Å². The lowest BCUT2D eigenvalue weighted by Gasteiger charge is -2.07. The van der Waals surface area contributed by atoms with Crippen LogP contribution in [0.5, 0.6) is 0 Å². The van der Waals surface area contributed by atoms with Crippen molar-refractivity contribution in [2.45, 2.75) is 6.54 Å². The number of hydrogen-bond donors (Lipinski definition) is 1. The first-order chi connectivity index (χ1) is 9.22. The van der Waals surface area contributed by atoms with Crippen LogP contribution in [0.1, 0.15) is 16.7 Å². The number of nitriles is 1. The van der Waals surface area contributed by atoms with Gasteiger partial charge in [-0.2, -0.15) is 5.26 Å². The van der Waals surface area contributed by atoms with Gasteiger partial charge in [0.15, 0.2) is 0 Å². The third-order valence-corrected chi connectivity index (χ3v) is 2.68. The topological polar surface area (TPSA) is 35.8 Å². The van der Waals surface area contributed by atoms with Crippen molar-refractivity contribution in [3.63, 3.8) is 0 Å². The zero-order chi connectivity index (χ0) is 13.7.